The zero-order chi connectivity index (χ0) is 18.1. The summed E-state index contributed by atoms with van der Waals surface area (Å²) in [5.41, 5.74) is 0.905. The lowest BCUT2D eigenvalue weighted by Crippen LogP contribution is -2.30. The monoisotopic (exact) mass is 372 g/mol. The summed E-state index contributed by atoms with van der Waals surface area (Å²) in [6.45, 7) is 3.88. The van der Waals surface area contributed by atoms with Crippen molar-refractivity contribution in [2.45, 2.75) is 32.2 Å². The van der Waals surface area contributed by atoms with Gasteiger partial charge >= 0.3 is 5.63 Å². The highest BCUT2D eigenvalue weighted by molar-refractivity contribution is 7.15. The van der Waals surface area contributed by atoms with E-state index >= 15 is 0 Å². The number of aromatic nitrogens is 2. The molecule has 8 heteroatoms. The summed E-state index contributed by atoms with van der Waals surface area (Å²) < 4.78 is 7.38. The first-order chi connectivity index (χ1) is 12.6. The number of carbonyl (C=O) groups excluding carboxylic acids is 1. The highest BCUT2D eigenvalue weighted by Gasteiger charge is 2.22. The van der Waals surface area contributed by atoms with Crippen molar-refractivity contribution in [1.29, 1.82) is 0 Å². The first kappa shape index (κ1) is 17.0. The van der Waals surface area contributed by atoms with E-state index in [1.165, 1.54) is 11.3 Å². The molecule has 0 unspecified atom stereocenters. The minimum atomic E-state index is -0.568. The van der Waals surface area contributed by atoms with Crippen LogP contribution >= 0.6 is 11.3 Å². The number of piperidine rings is 1. The molecule has 0 atom stereocenters. The summed E-state index contributed by atoms with van der Waals surface area (Å²) in [7, 11) is 0. The minimum absolute atomic E-state index is 0.0729. The quantitative estimate of drug-likeness (QED) is 0.732. The number of imidazole rings is 1. The van der Waals surface area contributed by atoms with Gasteiger partial charge in [-0.15, -0.1) is 11.3 Å². The van der Waals surface area contributed by atoms with Gasteiger partial charge in [-0.1, -0.05) is 0 Å². The average molecular weight is 372 g/mol. The molecule has 0 aliphatic carbocycles. The standard InChI is InChI=1S/C18H20N4O3S/c1-11-8-14(12-2-4-19-5-3-12)25-17(24)15(11)16(23)20-9-13-10-22-6-7-26-18(22)21-13/h6-8,10,12,19H,2-5,9H2,1H3,(H,20,23). The van der Waals surface area contributed by atoms with Crippen LogP contribution in [-0.2, 0) is 6.54 Å². The molecule has 3 aromatic rings. The first-order valence-corrected chi connectivity index (χ1v) is 9.54. The fourth-order valence-electron chi connectivity index (χ4n) is 3.33. The number of hydrogen-bond acceptors (Lipinski definition) is 6. The molecule has 1 aliphatic heterocycles. The zero-order valence-electron chi connectivity index (χ0n) is 14.4. The third-order valence-corrected chi connectivity index (χ3v) is 5.48. The molecule has 0 aromatic carbocycles. The molecule has 0 saturated carbocycles. The Morgan fingerprint density at radius 2 is 2.27 bits per heavy atom. The van der Waals surface area contributed by atoms with Crippen LogP contribution in [0.4, 0.5) is 0 Å². The second kappa shape index (κ2) is 7.05. The molecule has 3 aromatic heterocycles. The topological polar surface area (TPSA) is 88.6 Å². The fraction of sp³-hybridized carbons (Fsp3) is 0.389. The van der Waals surface area contributed by atoms with E-state index in [1.807, 2.05) is 28.2 Å². The number of hydrogen-bond donors (Lipinski definition) is 2. The highest BCUT2D eigenvalue weighted by atomic mass is 32.1. The first-order valence-electron chi connectivity index (χ1n) is 8.66. The van der Waals surface area contributed by atoms with Crippen molar-refractivity contribution in [2.24, 2.45) is 0 Å². The lowest BCUT2D eigenvalue weighted by atomic mass is 9.94. The summed E-state index contributed by atoms with van der Waals surface area (Å²) in [4.78, 5) is 30.2. The molecule has 26 heavy (non-hydrogen) atoms. The molecular formula is C18H20N4O3S. The Kier molecular flexibility index (Phi) is 4.60. The van der Waals surface area contributed by atoms with Crippen molar-refractivity contribution in [1.82, 2.24) is 20.0 Å². The van der Waals surface area contributed by atoms with Gasteiger partial charge in [0, 0.05) is 23.7 Å². The van der Waals surface area contributed by atoms with Crippen molar-refractivity contribution >= 4 is 22.2 Å². The molecular weight excluding hydrogens is 352 g/mol. The summed E-state index contributed by atoms with van der Waals surface area (Å²) in [6, 6.07) is 1.83. The molecule has 1 amide bonds. The van der Waals surface area contributed by atoms with Crippen LogP contribution in [0, 0.1) is 6.92 Å². The maximum atomic E-state index is 12.5. The number of rotatable bonds is 4. The fourth-order valence-corrected chi connectivity index (χ4v) is 4.05. The highest BCUT2D eigenvalue weighted by Crippen LogP contribution is 2.25. The van der Waals surface area contributed by atoms with E-state index in [-0.39, 0.29) is 18.0 Å². The second-order valence-electron chi connectivity index (χ2n) is 6.53. The van der Waals surface area contributed by atoms with Gasteiger partial charge in [-0.25, -0.2) is 9.78 Å². The third kappa shape index (κ3) is 3.30. The van der Waals surface area contributed by atoms with Gasteiger partial charge in [-0.3, -0.25) is 9.20 Å². The zero-order valence-corrected chi connectivity index (χ0v) is 15.3. The van der Waals surface area contributed by atoms with Gasteiger partial charge in [-0.05, 0) is 44.5 Å². The molecule has 2 N–H and O–H groups in total. The van der Waals surface area contributed by atoms with Gasteiger partial charge in [0.15, 0.2) is 4.96 Å². The Labute approximate surface area is 154 Å². The van der Waals surface area contributed by atoms with Gasteiger partial charge in [0.05, 0.1) is 12.2 Å². The second-order valence-corrected chi connectivity index (χ2v) is 7.40. The molecule has 0 bridgehead atoms. The summed E-state index contributed by atoms with van der Waals surface area (Å²) in [5, 5.41) is 8.01. The lowest BCUT2D eigenvalue weighted by Gasteiger charge is -2.21. The Balaban J connectivity index is 1.49. The van der Waals surface area contributed by atoms with E-state index in [9.17, 15) is 9.59 Å². The normalized spacial score (nSPS) is 15.4. The Morgan fingerprint density at radius 1 is 1.46 bits per heavy atom. The average Bonchev–Trinajstić information content (AvgIpc) is 3.21. The van der Waals surface area contributed by atoms with Crippen LogP contribution in [0.25, 0.3) is 4.96 Å². The van der Waals surface area contributed by atoms with E-state index in [0.29, 0.717) is 11.3 Å². The van der Waals surface area contributed by atoms with Crippen molar-refractivity contribution < 1.29 is 9.21 Å². The molecule has 136 valence electrons. The number of amides is 1. The van der Waals surface area contributed by atoms with Gasteiger partial charge in [0.25, 0.3) is 5.91 Å². The van der Waals surface area contributed by atoms with Crippen LogP contribution in [0.15, 0.2) is 33.1 Å². The summed E-state index contributed by atoms with van der Waals surface area (Å²) in [5.74, 6) is 0.489. The molecule has 1 saturated heterocycles. The number of nitrogens with one attached hydrogen (secondary N) is 2. The summed E-state index contributed by atoms with van der Waals surface area (Å²) in [6.07, 6.45) is 5.65. The van der Waals surface area contributed by atoms with E-state index in [1.54, 1.807) is 6.92 Å². The minimum Gasteiger partial charge on any atom is -0.427 e. The van der Waals surface area contributed by atoms with Crippen molar-refractivity contribution in [2.75, 3.05) is 13.1 Å². The van der Waals surface area contributed by atoms with Crippen LogP contribution in [0.1, 0.15) is 46.1 Å². The Bertz CT molecular complexity index is 969. The maximum absolute atomic E-state index is 12.5. The number of thiazole rings is 1. The van der Waals surface area contributed by atoms with Gasteiger partial charge in [-0.2, -0.15) is 0 Å². The van der Waals surface area contributed by atoms with Crippen molar-refractivity contribution in [3.05, 3.63) is 56.8 Å². The lowest BCUT2D eigenvalue weighted by molar-refractivity contribution is 0.0945. The Hall–Kier alpha value is -2.45. The van der Waals surface area contributed by atoms with E-state index in [0.717, 1.165) is 36.6 Å². The van der Waals surface area contributed by atoms with E-state index in [4.69, 9.17) is 4.42 Å². The van der Waals surface area contributed by atoms with Crippen LogP contribution in [0.2, 0.25) is 0 Å². The SMILES string of the molecule is Cc1cc(C2CCNCC2)oc(=O)c1C(=O)NCc1cn2ccsc2n1. The van der Waals surface area contributed by atoms with E-state index in [2.05, 4.69) is 15.6 Å². The molecule has 4 heterocycles. The largest absolute Gasteiger partial charge is 0.427 e. The van der Waals surface area contributed by atoms with Crippen LogP contribution in [0.5, 0.6) is 0 Å². The number of aryl methyl sites for hydroxylation is 1. The summed E-state index contributed by atoms with van der Waals surface area (Å²) >= 11 is 1.53. The van der Waals surface area contributed by atoms with Crippen molar-refractivity contribution in [3.63, 3.8) is 0 Å². The molecule has 0 radical (unpaired) electrons. The predicted molar refractivity (Wildman–Crippen MR) is 98.8 cm³/mol. The molecule has 7 nitrogen and oxygen atoms in total. The van der Waals surface area contributed by atoms with Gasteiger partial charge in [0.1, 0.15) is 11.3 Å². The van der Waals surface area contributed by atoms with Gasteiger partial charge < -0.3 is 15.1 Å². The smallest absolute Gasteiger partial charge is 0.349 e. The van der Waals surface area contributed by atoms with Crippen LogP contribution in [0.3, 0.4) is 0 Å². The third-order valence-electron chi connectivity index (χ3n) is 4.71. The molecule has 4 rings (SSSR count). The molecule has 0 spiro atoms. The van der Waals surface area contributed by atoms with E-state index < -0.39 is 11.5 Å². The molecule has 1 fully saturated rings. The van der Waals surface area contributed by atoms with Crippen molar-refractivity contribution in [3.8, 4) is 0 Å². The number of nitrogens with zero attached hydrogens (tertiary/aromatic N) is 2. The Morgan fingerprint density at radius 3 is 3.00 bits per heavy atom. The number of carbonyl (C=O) groups is 1. The maximum Gasteiger partial charge on any atom is 0.349 e. The van der Waals surface area contributed by atoms with Crippen LogP contribution < -0.4 is 16.3 Å². The van der Waals surface area contributed by atoms with Crippen LogP contribution in [-0.4, -0.2) is 28.4 Å². The number of fused-ring (bicyclic) bond motifs is 1. The van der Waals surface area contributed by atoms with Gasteiger partial charge in [0.2, 0.25) is 0 Å². The predicted octanol–water partition coefficient (Wildman–Crippen LogP) is 2.05. The molecule has 1 aliphatic rings.